The zero-order valence-electron chi connectivity index (χ0n) is 9.16. The number of benzene rings is 1. The molecule has 0 atom stereocenters. The topological polar surface area (TPSA) is 29.3 Å². The summed E-state index contributed by atoms with van der Waals surface area (Å²) in [5.41, 5.74) is 8.24. The molecule has 0 saturated carbocycles. The number of hydrogen-bond donors (Lipinski definition) is 1. The van der Waals surface area contributed by atoms with Crippen LogP contribution in [0.25, 0.3) is 0 Å². The molecule has 78 valence electrons. The van der Waals surface area contributed by atoms with Gasteiger partial charge in [0.2, 0.25) is 0 Å². The van der Waals surface area contributed by atoms with E-state index in [4.69, 9.17) is 5.73 Å². The van der Waals surface area contributed by atoms with Gasteiger partial charge in [-0.05, 0) is 25.0 Å². The van der Waals surface area contributed by atoms with Crippen LogP contribution in [0, 0.1) is 0 Å². The first kappa shape index (κ1) is 11.1. The van der Waals surface area contributed by atoms with E-state index in [1.165, 1.54) is 17.7 Å². The molecule has 0 heterocycles. The van der Waals surface area contributed by atoms with E-state index in [9.17, 15) is 0 Å². The summed E-state index contributed by atoms with van der Waals surface area (Å²) in [6.07, 6.45) is 1.17. The monoisotopic (exact) mass is 192 g/mol. The van der Waals surface area contributed by atoms with Crippen LogP contribution in [0.3, 0.4) is 0 Å². The van der Waals surface area contributed by atoms with E-state index in [2.05, 4.69) is 36.9 Å². The Balaban J connectivity index is 2.90. The quantitative estimate of drug-likeness (QED) is 0.776. The summed E-state index contributed by atoms with van der Waals surface area (Å²) >= 11 is 0. The molecule has 0 spiro atoms. The molecule has 1 aromatic rings. The van der Waals surface area contributed by atoms with E-state index >= 15 is 0 Å². The largest absolute Gasteiger partial charge is 0.372 e. The molecule has 2 N–H and O–H groups in total. The maximum absolute atomic E-state index is 5.71. The van der Waals surface area contributed by atoms with Crippen LogP contribution in [-0.2, 0) is 6.54 Å². The predicted molar refractivity (Wildman–Crippen MR) is 62.5 cm³/mol. The molecule has 0 radical (unpaired) electrons. The van der Waals surface area contributed by atoms with Crippen molar-refractivity contribution in [2.45, 2.75) is 26.8 Å². The minimum Gasteiger partial charge on any atom is -0.372 e. The SMILES string of the molecule is CCCN(CC)c1ccccc1CN. The number of nitrogens with two attached hydrogens (primary N) is 1. The second-order valence-electron chi connectivity index (χ2n) is 3.41. The molecule has 0 unspecified atom stereocenters. The van der Waals surface area contributed by atoms with Gasteiger partial charge < -0.3 is 10.6 Å². The number of rotatable bonds is 5. The molecule has 0 aliphatic heterocycles. The highest BCUT2D eigenvalue weighted by molar-refractivity contribution is 5.53. The van der Waals surface area contributed by atoms with Crippen LogP contribution >= 0.6 is 0 Å². The Kier molecular flexibility index (Phi) is 4.47. The molecule has 1 rings (SSSR count). The highest BCUT2D eigenvalue weighted by Gasteiger charge is 2.06. The van der Waals surface area contributed by atoms with Gasteiger partial charge in [-0.25, -0.2) is 0 Å². The van der Waals surface area contributed by atoms with Crippen molar-refractivity contribution in [2.75, 3.05) is 18.0 Å². The Bertz CT molecular complexity index is 271. The molecule has 0 saturated heterocycles. The van der Waals surface area contributed by atoms with Gasteiger partial charge in [0.05, 0.1) is 0 Å². The second-order valence-corrected chi connectivity index (χ2v) is 3.41. The lowest BCUT2D eigenvalue weighted by Crippen LogP contribution is -2.25. The minimum absolute atomic E-state index is 0.621. The smallest absolute Gasteiger partial charge is 0.0411 e. The number of hydrogen-bond acceptors (Lipinski definition) is 2. The molecule has 1 aromatic carbocycles. The van der Waals surface area contributed by atoms with E-state index < -0.39 is 0 Å². The van der Waals surface area contributed by atoms with Crippen LogP contribution < -0.4 is 10.6 Å². The van der Waals surface area contributed by atoms with Crippen LogP contribution in [0.4, 0.5) is 5.69 Å². The van der Waals surface area contributed by atoms with Crippen molar-refractivity contribution in [1.82, 2.24) is 0 Å². The second kappa shape index (κ2) is 5.66. The lowest BCUT2D eigenvalue weighted by molar-refractivity contribution is 0.785. The summed E-state index contributed by atoms with van der Waals surface area (Å²) in [4.78, 5) is 2.38. The van der Waals surface area contributed by atoms with Gasteiger partial charge in [0.25, 0.3) is 0 Å². The highest BCUT2D eigenvalue weighted by Crippen LogP contribution is 2.19. The molecular formula is C12H20N2. The fourth-order valence-electron chi connectivity index (χ4n) is 1.71. The molecule has 14 heavy (non-hydrogen) atoms. The van der Waals surface area contributed by atoms with Crippen molar-refractivity contribution < 1.29 is 0 Å². The number of anilines is 1. The summed E-state index contributed by atoms with van der Waals surface area (Å²) in [5.74, 6) is 0. The van der Waals surface area contributed by atoms with Crippen LogP contribution in [-0.4, -0.2) is 13.1 Å². The van der Waals surface area contributed by atoms with E-state index in [1.54, 1.807) is 0 Å². The third-order valence-corrected chi connectivity index (χ3v) is 2.43. The summed E-state index contributed by atoms with van der Waals surface area (Å²) < 4.78 is 0. The standard InChI is InChI=1S/C12H20N2/c1-3-9-14(4-2)12-8-6-5-7-11(12)10-13/h5-8H,3-4,9-10,13H2,1-2H3. The molecule has 0 aliphatic rings. The van der Waals surface area contributed by atoms with Crippen molar-refractivity contribution in [3.63, 3.8) is 0 Å². The zero-order chi connectivity index (χ0) is 10.4. The fourth-order valence-corrected chi connectivity index (χ4v) is 1.71. The van der Waals surface area contributed by atoms with Crippen molar-refractivity contribution in [3.05, 3.63) is 29.8 Å². The average molecular weight is 192 g/mol. The van der Waals surface area contributed by atoms with Gasteiger partial charge in [0.15, 0.2) is 0 Å². The summed E-state index contributed by atoms with van der Waals surface area (Å²) in [5, 5.41) is 0. The Hall–Kier alpha value is -1.02. The van der Waals surface area contributed by atoms with E-state index in [1.807, 2.05) is 6.07 Å². The summed E-state index contributed by atoms with van der Waals surface area (Å²) in [6.45, 7) is 7.16. The molecular weight excluding hydrogens is 172 g/mol. The van der Waals surface area contributed by atoms with Crippen LogP contribution in [0.1, 0.15) is 25.8 Å². The van der Waals surface area contributed by atoms with E-state index in [-0.39, 0.29) is 0 Å². The summed E-state index contributed by atoms with van der Waals surface area (Å²) in [7, 11) is 0. The molecule has 0 bridgehead atoms. The van der Waals surface area contributed by atoms with Gasteiger partial charge in [-0.1, -0.05) is 25.1 Å². The van der Waals surface area contributed by atoms with Gasteiger partial charge >= 0.3 is 0 Å². The number of nitrogens with zero attached hydrogens (tertiary/aromatic N) is 1. The summed E-state index contributed by atoms with van der Waals surface area (Å²) in [6, 6.07) is 8.38. The Morgan fingerprint density at radius 3 is 2.50 bits per heavy atom. The first-order chi connectivity index (χ1) is 6.83. The third-order valence-electron chi connectivity index (χ3n) is 2.43. The van der Waals surface area contributed by atoms with Crippen LogP contribution in [0.2, 0.25) is 0 Å². The molecule has 2 heteroatoms. The average Bonchev–Trinajstić information content (AvgIpc) is 2.26. The molecule has 0 aliphatic carbocycles. The molecule has 0 amide bonds. The third kappa shape index (κ3) is 2.48. The van der Waals surface area contributed by atoms with Gasteiger partial charge in [-0.2, -0.15) is 0 Å². The molecule has 0 fully saturated rings. The first-order valence-corrected chi connectivity index (χ1v) is 5.36. The lowest BCUT2D eigenvalue weighted by atomic mass is 10.1. The van der Waals surface area contributed by atoms with Gasteiger partial charge in [-0.3, -0.25) is 0 Å². The van der Waals surface area contributed by atoms with Crippen molar-refractivity contribution in [2.24, 2.45) is 5.73 Å². The van der Waals surface area contributed by atoms with Gasteiger partial charge in [-0.15, -0.1) is 0 Å². The Morgan fingerprint density at radius 2 is 1.93 bits per heavy atom. The van der Waals surface area contributed by atoms with Gasteiger partial charge in [0, 0.05) is 25.3 Å². The maximum Gasteiger partial charge on any atom is 0.0411 e. The highest BCUT2D eigenvalue weighted by atomic mass is 15.1. The Morgan fingerprint density at radius 1 is 1.21 bits per heavy atom. The Labute approximate surface area is 86.7 Å². The van der Waals surface area contributed by atoms with Gasteiger partial charge in [0.1, 0.15) is 0 Å². The zero-order valence-corrected chi connectivity index (χ0v) is 9.16. The van der Waals surface area contributed by atoms with E-state index in [0.29, 0.717) is 6.54 Å². The maximum atomic E-state index is 5.71. The van der Waals surface area contributed by atoms with Crippen LogP contribution in [0.15, 0.2) is 24.3 Å². The molecule has 2 nitrogen and oxygen atoms in total. The van der Waals surface area contributed by atoms with Crippen LogP contribution in [0.5, 0.6) is 0 Å². The molecule has 0 aromatic heterocycles. The number of para-hydroxylation sites is 1. The van der Waals surface area contributed by atoms with Crippen molar-refractivity contribution in [3.8, 4) is 0 Å². The van der Waals surface area contributed by atoms with Crippen molar-refractivity contribution in [1.29, 1.82) is 0 Å². The van der Waals surface area contributed by atoms with E-state index in [0.717, 1.165) is 13.1 Å². The minimum atomic E-state index is 0.621. The normalized spacial score (nSPS) is 10.2. The lowest BCUT2D eigenvalue weighted by Gasteiger charge is -2.24. The first-order valence-electron chi connectivity index (χ1n) is 5.36. The predicted octanol–water partition coefficient (Wildman–Crippen LogP) is 2.38. The van der Waals surface area contributed by atoms with Crippen molar-refractivity contribution >= 4 is 5.69 Å². The fraction of sp³-hybridized carbons (Fsp3) is 0.500.